The summed E-state index contributed by atoms with van der Waals surface area (Å²) in [5.41, 5.74) is -0.0145. The van der Waals surface area contributed by atoms with Gasteiger partial charge >= 0.3 is 5.97 Å². The Labute approximate surface area is 119 Å². The summed E-state index contributed by atoms with van der Waals surface area (Å²) >= 11 is 0. The monoisotopic (exact) mass is 301 g/mol. The topological polar surface area (TPSA) is 83.9 Å². The number of methoxy groups -OCH3 is 1. The minimum atomic E-state index is -3.68. The summed E-state index contributed by atoms with van der Waals surface area (Å²) in [6.07, 6.45) is 0.697. The molecule has 0 saturated carbocycles. The van der Waals surface area contributed by atoms with Gasteiger partial charge in [-0.2, -0.15) is 4.31 Å². The van der Waals surface area contributed by atoms with Gasteiger partial charge in [0.2, 0.25) is 10.0 Å². The second-order valence-corrected chi connectivity index (χ2v) is 6.07. The first-order chi connectivity index (χ1) is 9.38. The molecule has 1 aromatic rings. The molecule has 0 unspecified atom stereocenters. The van der Waals surface area contributed by atoms with Crippen LogP contribution >= 0.6 is 0 Å². The number of rotatable bonds is 7. The fourth-order valence-corrected chi connectivity index (χ4v) is 3.53. The minimum absolute atomic E-state index is 0.0136. The van der Waals surface area contributed by atoms with Gasteiger partial charge in [-0.05, 0) is 24.6 Å². The van der Waals surface area contributed by atoms with Gasteiger partial charge in [0.05, 0.1) is 12.7 Å². The lowest BCUT2D eigenvalue weighted by atomic mass is 10.2. The molecular formula is C13H19NO5S. The van der Waals surface area contributed by atoms with E-state index in [1.54, 1.807) is 6.92 Å². The summed E-state index contributed by atoms with van der Waals surface area (Å²) < 4.78 is 31.4. The van der Waals surface area contributed by atoms with E-state index in [9.17, 15) is 13.2 Å². The fraction of sp³-hybridized carbons (Fsp3) is 0.462. The molecule has 0 aliphatic rings. The quantitative estimate of drug-likeness (QED) is 0.830. The maximum atomic E-state index is 12.5. The molecule has 0 aliphatic heterocycles. The number of benzene rings is 1. The van der Waals surface area contributed by atoms with E-state index in [2.05, 4.69) is 0 Å². The summed E-state index contributed by atoms with van der Waals surface area (Å²) in [7, 11) is -2.37. The van der Waals surface area contributed by atoms with Crippen molar-refractivity contribution in [3.05, 3.63) is 23.8 Å². The summed E-state index contributed by atoms with van der Waals surface area (Å²) in [5.74, 6) is -1.09. The lowest BCUT2D eigenvalue weighted by Gasteiger charge is -2.21. The number of hydrogen-bond acceptors (Lipinski definition) is 4. The van der Waals surface area contributed by atoms with Gasteiger partial charge in [0, 0.05) is 13.1 Å². The van der Waals surface area contributed by atoms with Crippen molar-refractivity contribution in [2.24, 2.45) is 0 Å². The van der Waals surface area contributed by atoms with Gasteiger partial charge < -0.3 is 9.84 Å². The van der Waals surface area contributed by atoms with Gasteiger partial charge in [-0.3, -0.25) is 0 Å². The molecule has 0 amide bonds. The summed E-state index contributed by atoms with van der Waals surface area (Å²) in [6.45, 7) is 4.40. The minimum Gasteiger partial charge on any atom is -0.495 e. The van der Waals surface area contributed by atoms with Gasteiger partial charge in [-0.1, -0.05) is 13.8 Å². The van der Waals surface area contributed by atoms with Gasteiger partial charge in [-0.15, -0.1) is 0 Å². The molecule has 1 rings (SSSR count). The van der Waals surface area contributed by atoms with Crippen molar-refractivity contribution < 1.29 is 23.1 Å². The second kappa shape index (κ2) is 6.71. The number of carbonyl (C=O) groups is 1. The van der Waals surface area contributed by atoms with Crippen LogP contribution in [-0.2, 0) is 10.0 Å². The highest BCUT2D eigenvalue weighted by molar-refractivity contribution is 7.89. The average molecular weight is 301 g/mol. The molecule has 20 heavy (non-hydrogen) atoms. The van der Waals surface area contributed by atoms with Gasteiger partial charge in [0.15, 0.2) is 0 Å². The molecule has 0 fully saturated rings. The van der Waals surface area contributed by atoms with Crippen LogP contribution in [0, 0.1) is 0 Å². The predicted octanol–water partition coefficient (Wildman–Crippen LogP) is 1.81. The zero-order chi connectivity index (χ0) is 15.3. The van der Waals surface area contributed by atoms with E-state index in [1.807, 2.05) is 6.92 Å². The summed E-state index contributed by atoms with van der Waals surface area (Å²) in [5, 5.41) is 8.92. The van der Waals surface area contributed by atoms with E-state index < -0.39 is 16.0 Å². The fourth-order valence-electron chi connectivity index (χ4n) is 1.85. The highest BCUT2D eigenvalue weighted by Gasteiger charge is 2.26. The molecule has 0 spiro atoms. The van der Waals surface area contributed by atoms with Crippen LogP contribution in [0.3, 0.4) is 0 Å². The Morgan fingerprint density at radius 3 is 2.45 bits per heavy atom. The zero-order valence-electron chi connectivity index (χ0n) is 11.8. The smallest absolute Gasteiger partial charge is 0.335 e. The highest BCUT2D eigenvalue weighted by Crippen LogP contribution is 2.28. The van der Waals surface area contributed by atoms with Gasteiger partial charge in [-0.25, -0.2) is 13.2 Å². The van der Waals surface area contributed by atoms with E-state index in [4.69, 9.17) is 9.84 Å². The van der Waals surface area contributed by atoms with Crippen molar-refractivity contribution in [2.45, 2.75) is 25.2 Å². The van der Waals surface area contributed by atoms with Crippen molar-refractivity contribution in [1.82, 2.24) is 4.31 Å². The Hall–Kier alpha value is -1.60. The van der Waals surface area contributed by atoms with Crippen LogP contribution in [0.2, 0.25) is 0 Å². The molecular weight excluding hydrogens is 282 g/mol. The van der Waals surface area contributed by atoms with Crippen molar-refractivity contribution in [3.8, 4) is 5.75 Å². The first kappa shape index (κ1) is 16.5. The van der Waals surface area contributed by atoms with E-state index in [1.165, 1.54) is 29.6 Å². The number of ether oxygens (including phenoxy) is 1. The third-order valence-corrected chi connectivity index (χ3v) is 4.87. The Kier molecular flexibility index (Phi) is 5.52. The molecule has 0 bridgehead atoms. The standard InChI is InChI=1S/C13H19NO5S/c1-4-8-14(5-2)20(17,18)12-7-6-10(13(15)16)9-11(12)19-3/h6-7,9H,4-5,8H2,1-3H3,(H,15,16). The number of carboxylic acid groups (broad SMARTS) is 1. The van der Waals surface area contributed by atoms with E-state index >= 15 is 0 Å². The van der Waals surface area contributed by atoms with Crippen LogP contribution in [0.4, 0.5) is 0 Å². The van der Waals surface area contributed by atoms with E-state index in [-0.39, 0.29) is 16.2 Å². The number of hydrogen-bond donors (Lipinski definition) is 1. The number of nitrogens with zero attached hydrogens (tertiary/aromatic N) is 1. The Morgan fingerprint density at radius 1 is 1.35 bits per heavy atom. The maximum Gasteiger partial charge on any atom is 0.335 e. The third kappa shape index (κ3) is 3.29. The van der Waals surface area contributed by atoms with Crippen LogP contribution in [0.1, 0.15) is 30.6 Å². The molecule has 0 heterocycles. The maximum absolute atomic E-state index is 12.5. The van der Waals surface area contributed by atoms with Gasteiger partial charge in [0.1, 0.15) is 10.6 Å². The van der Waals surface area contributed by atoms with Crippen molar-refractivity contribution in [3.63, 3.8) is 0 Å². The molecule has 0 atom stereocenters. The summed E-state index contributed by atoms with van der Waals surface area (Å²) in [4.78, 5) is 10.9. The summed E-state index contributed by atoms with van der Waals surface area (Å²) in [6, 6.07) is 3.75. The molecule has 112 valence electrons. The molecule has 0 aliphatic carbocycles. The van der Waals surface area contributed by atoms with E-state index in [0.29, 0.717) is 19.5 Å². The van der Waals surface area contributed by atoms with Crippen LogP contribution in [0.15, 0.2) is 23.1 Å². The number of aromatic carboxylic acids is 1. The normalized spacial score (nSPS) is 11.6. The predicted molar refractivity (Wildman–Crippen MR) is 74.7 cm³/mol. The SMILES string of the molecule is CCCN(CC)S(=O)(=O)c1ccc(C(=O)O)cc1OC. The van der Waals surface area contributed by atoms with Crippen molar-refractivity contribution in [1.29, 1.82) is 0 Å². The van der Waals surface area contributed by atoms with E-state index in [0.717, 1.165) is 0 Å². The lowest BCUT2D eigenvalue weighted by Crippen LogP contribution is -2.31. The highest BCUT2D eigenvalue weighted by atomic mass is 32.2. The average Bonchev–Trinajstić information content (AvgIpc) is 2.43. The molecule has 0 aromatic heterocycles. The van der Waals surface area contributed by atoms with Crippen molar-refractivity contribution >= 4 is 16.0 Å². The Morgan fingerprint density at radius 2 is 2.00 bits per heavy atom. The Bertz CT molecular complexity index is 582. The first-order valence-electron chi connectivity index (χ1n) is 6.29. The molecule has 6 nitrogen and oxygen atoms in total. The number of carboxylic acids is 1. The second-order valence-electron chi connectivity index (χ2n) is 4.17. The van der Waals surface area contributed by atoms with Crippen LogP contribution < -0.4 is 4.74 Å². The van der Waals surface area contributed by atoms with Crippen LogP contribution in [0.5, 0.6) is 5.75 Å². The first-order valence-corrected chi connectivity index (χ1v) is 7.73. The number of sulfonamides is 1. The lowest BCUT2D eigenvalue weighted by molar-refractivity contribution is 0.0696. The van der Waals surface area contributed by atoms with Crippen LogP contribution in [0.25, 0.3) is 0 Å². The van der Waals surface area contributed by atoms with Crippen LogP contribution in [-0.4, -0.2) is 44.0 Å². The molecule has 0 radical (unpaired) electrons. The molecule has 1 N–H and O–H groups in total. The van der Waals surface area contributed by atoms with Crippen molar-refractivity contribution in [2.75, 3.05) is 20.2 Å². The molecule has 0 saturated heterocycles. The third-order valence-electron chi connectivity index (χ3n) is 2.85. The Balaban J connectivity index is 3.34. The largest absolute Gasteiger partial charge is 0.495 e. The zero-order valence-corrected chi connectivity index (χ0v) is 12.6. The molecule has 1 aromatic carbocycles. The molecule has 7 heteroatoms. The van der Waals surface area contributed by atoms with Gasteiger partial charge in [0.25, 0.3) is 0 Å².